The Hall–Kier alpha value is -0.390. The first-order valence-corrected chi connectivity index (χ1v) is 6.80. The van der Waals surface area contributed by atoms with Crippen LogP contribution in [0.2, 0.25) is 0 Å². The third-order valence-electron chi connectivity index (χ3n) is 2.41. The average molecular weight is 306 g/mol. The number of halogens is 1. The minimum atomic E-state index is -0.718. The summed E-state index contributed by atoms with van der Waals surface area (Å²) in [7, 11) is 4.05. The molecule has 0 saturated carbocycles. The molecule has 0 aliphatic heterocycles. The van der Waals surface area contributed by atoms with Gasteiger partial charge in [-0.25, -0.2) is 0 Å². The average Bonchev–Trinajstić information content (AvgIpc) is 2.58. The van der Waals surface area contributed by atoms with Gasteiger partial charge >= 0.3 is 5.97 Å². The third kappa shape index (κ3) is 4.23. The zero-order chi connectivity index (χ0) is 12.1. The summed E-state index contributed by atoms with van der Waals surface area (Å²) < 4.78 is 1.09. The van der Waals surface area contributed by atoms with Crippen LogP contribution in [-0.2, 0) is 4.79 Å². The first-order chi connectivity index (χ1) is 7.50. The predicted octanol–water partition coefficient (Wildman–Crippen LogP) is 3.37. The van der Waals surface area contributed by atoms with Gasteiger partial charge in [0.15, 0.2) is 0 Å². The van der Waals surface area contributed by atoms with E-state index in [-0.39, 0.29) is 6.42 Å². The van der Waals surface area contributed by atoms with E-state index >= 15 is 0 Å². The molecule has 1 aromatic rings. The third-order valence-corrected chi connectivity index (χ3v) is 4.20. The van der Waals surface area contributed by atoms with E-state index in [9.17, 15) is 4.79 Å². The Balaban J connectivity index is 2.58. The summed E-state index contributed by atoms with van der Waals surface area (Å²) in [6.07, 6.45) is 1.84. The molecule has 0 radical (unpaired) electrons. The van der Waals surface area contributed by atoms with Crippen molar-refractivity contribution in [1.82, 2.24) is 4.90 Å². The molecule has 0 fully saturated rings. The maximum atomic E-state index is 10.5. The Labute approximate surface area is 108 Å². The zero-order valence-corrected chi connectivity index (χ0v) is 11.8. The lowest BCUT2D eigenvalue weighted by atomic mass is 10.1. The normalized spacial score (nSPS) is 13.0. The van der Waals surface area contributed by atoms with Crippen LogP contribution >= 0.6 is 27.3 Å². The fourth-order valence-corrected chi connectivity index (χ4v) is 3.28. The summed E-state index contributed by atoms with van der Waals surface area (Å²) in [5.41, 5.74) is 0. The molecule has 0 spiro atoms. The lowest BCUT2D eigenvalue weighted by Crippen LogP contribution is -2.19. The van der Waals surface area contributed by atoms with E-state index in [4.69, 9.17) is 5.11 Å². The van der Waals surface area contributed by atoms with E-state index in [1.807, 2.05) is 14.1 Å². The number of hydrogen-bond donors (Lipinski definition) is 1. The molecule has 1 atom stereocenters. The van der Waals surface area contributed by atoms with E-state index < -0.39 is 5.97 Å². The van der Waals surface area contributed by atoms with Crippen LogP contribution in [0.25, 0.3) is 0 Å². The van der Waals surface area contributed by atoms with Crippen LogP contribution in [0, 0.1) is 0 Å². The Kier molecular flexibility index (Phi) is 5.44. The SMILES string of the molecule is CN(C)C(CCCC(=O)O)c1cc(Br)cs1. The summed E-state index contributed by atoms with van der Waals surface area (Å²) in [6.45, 7) is 0. The summed E-state index contributed by atoms with van der Waals surface area (Å²) in [6, 6.07) is 2.42. The number of nitrogens with zero attached hydrogens (tertiary/aromatic N) is 1. The van der Waals surface area contributed by atoms with Crippen molar-refractivity contribution in [2.24, 2.45) is 0 Å². The topological polar surface area (TPSA) is 40.5 Å². The highest BCUT2D eigenvalue weighted by atomic mass is 79.9. The van der Waals surface area contributed by atoms with Crippen molar-refractivity contribution in [2.45, 2.75) is 25.3 Å². The van der Waals surface area contributed by atoms with Gasteiger partial charge in [0.25, 0.3) is 0 Å². The minimum absolute atomic E-state index is 0.247. The van der Waals surface area contributed by atoms with Crippen molar-refractivity contribution in [2.75, 3.05) is 14.1 Å². The van der Waals surface area contributed by atoms with E-state index in [0.717, 1.165) is 10.9 Å². The maximum Gasteiger partial charge on any atom is 0.303 e. The molecule has 1 N–H and O–H groups in total. The van der Waals surface area contributed by atoms with Crippen LogP contribution in [0.3, 0.4) is 0 Å². The molecule has 0 saturated heterocycles. The largest absolute Gasteiger partial charge is 0.481 e. The van der Waals surface area contributed by atoms with Gasteiger partial charge in [0, 0.05) is 27.2 Å². The van der Waals surface area contributed by atoms with Crippen LogP contribution in [0.5, 0.6) is 0 Å². The number of thiophene rings is 1. The number of carboxylic acid groups (broad SMARTS) is 1. The molecule has 1 aromatic heterocycles. The van der Waals surface area contributed by atoms with Crippen molar-refractivity contribution in [3.05, 3.63) is 20.8 Å². The summed E-state index contributed by atoms with van der Waals surface area (Å²) in [5, 5.41) is 10.7. The second-order valence-corrected chi connectivity index (χ2v) is 5.79. The minimum Gasteiger partial charge on any atom is -0.481 e. The fourth-order valence-electron chi connectivity index (χ4n) is 1.60. The Bertz CT molecular complexity index is 352. The monoisotopic (exact) mass is 305 g/mol. The molecule has 0 amide bonds. The van der Waals surface area contributed by atoms with Gasteiger partial charge in [-0.1, -0.05) is 0 Å². The smallest absolute Gasteiger partial charge is 0.303 e. The van der Waals surface area contributed by atoms with Crippen molar-refractivity contribution in [3.8, 4) is 0 Å². The molecule has 0 bridgehead atoms. The van der Waals surface area contributed by atoms with Crippen LogP contribution in [0.4, 0.5) is 0 Å². The molecule has 1 rings (SSSR count). The molecular weight excluding hydrogens is 290 g/mol. The van der Waals surface area contributed by atoms with Crippen molar-refractivity contribution >= 4 is 33.2 Å². The molecule has 0 aliphatic rings. The Morgan fingerprint density at radius 3 is 2.75 bits per heavy atom. The van der Waals surface area contributed by atoms with E-state index in [1.54, 1.807) is 11.3 Å². The standard InChI is InChI=1S/C11H16BrNO2S/c1-13(2)9(4-3-5-11(14)15)10-6-8(12)7-16-10/h6-7,9H,3-5H2,1-2H3,(H,14,15). The van der Waals surface area contributed by atoms with Crippen LogP contribution in [-0.4, -0.2) is 30.1 Å². The molecule has 1 unspecified atom stereocenters. The first-order valence-electron chi connectivity index (χ1n) is 5.13. The van der Waals surface area contributed by atoms with Crippen LogP contribution < -0.4 is 0 Å². The molecule has 0 aliphatic carbocycles. The van der Waals surface area contributed by atoms with Gasteiger partial charge in [0.05, 0.1) is 0 Å². The lowest BCUT2D eigenvalue weighted by Gasteiger charge is -2.22. The number of carboxylic acids is 1. The highest BCUT2D eigenvalue weighted by Crippen LogP contribution is 2.31. The summed E-state index contributed by atoms with van der Waals surface area (Å²) >= 11 is 5.15. The van der Waals surface area contributed by atoms with Gasteiger partial charge in [-0.05, 0) is 48.9 Å². The van der Waals surface area contributed by atoms with Gasteiger partial charge in [0.2, 0.25) is 0 Å². The second-order valence-electron chi connectivity index (χ2n) is 3.93. The van der Waals surface area contributed by atoms with Gasteiger partial charge in [0.1, 0.15) is 0 Å². The van der Waals surface area contributed by atoms with E-state index in [2.05, 4.69) is 32.3 Å². The van der Waals surface area contributed by atoms with E-state index in [0.29, 0.717) is 12.5 Å². The van der Waals surface area contributed by atoms with Crippen LogP contribution in [0.15, 0.2) is 15.9 Å². The lowest BCUT2D eigenvalue weighted by molar-refractivity contribution is -0.137. The molecule has 1 heterocycles. The predicted molar refractivity (Wildman–Crippen MR) is 69.9 cm³/mol. The number of rotatable bonds is 6. The summed E-state index contributed by atoms with van der Waals surface area (Å²) in [5.74, 6) is -0.718. The van der Waals surface area contributed by atoms with Gasteiger partial charge in [-0.3, -0.25) is 4.79 Å². The molecule has 90 valence electrons. The number of carbonyl (C=O) groups is 1. The maximum absolute atomic E-state index is 10.5. The van der Waals surface area contributed by atoms with Gasteiger partial charge in [-0.2, -0.15) is 0 Å². The summed E-state index contributed by atoms with van der Waals surface area (Å²) in [4.78, 5) is 13.9. The zero-order valence-electron chi connectivity index (χ0n) is 9.44. The quantitative estimate of drug-likeness (QED) is 0.876. The molecule has 3 nitrogen and oxygen atoms in total. The number of aliphatic carboxylic acids is 1. The molecule has 16 heavy (non-hydrogen) atoms. The van der Waals surface area contributed by atoms with Crippen molar-refractivity contribution < 1.29 is 9.90 Å². The Morgan fingerprint density at radius 1 is 1.62 bits per heavy atom. The molecule has 5 heteroatoms. The van der Waals surface area contributed by atoms with Gasteiger partial charge in [-0.15, -0.1) is 11.3 Å². The van der Waals surface area contributed by atoms with Crippen molar-refractivity contribution in [1.29, 1.82) is 0 Å². The van der Waals surface area contributed by atoms with Crippen molar-refractivity contribution in [3.63, 3.8) is 0 Å². The van der Waals surface area contributed by atoms with Crippen LogP contribution in [0.1, 0.15) is 30.2 Å². The molecular formula is C11H16BrNO2S. The second kappa shape index (κ2) is 6.37. The van der Waals surface area contributed by atoms with E-state index in [1.165, 1.54) is 4.88 Å². The Morgan fingerprint density at radius 2 is 2.31 bits per heavy atom. The highest BCUT2D eigenvalue weighted by Gasteiger charge is 2.16. The van der Waals surface area contributed by atoms with Gasteiger partial charge < -0.3 is 10.0 Å². The highest BCUT2D eigenvalue weighted by molar-refractivity contribution is 9.10. The first kappa shape index (κ1) is 13.7. The fraction of sp³-hybridized carbons (Fsp3) is 0.545. The molecule has 0 aromatic carbocycles. The number of hydrogen-bond acceptors (Lipinski definition) is 3.